The zero-order chi connectivity index (χ0) is 13.1. The van der Waals surface area contributed by atoms with Crippen LogP contribution in [0.15, 0.2) is 40.9 Å². The number of hydrogen-bond donors (Lipinski definition) is 1. The van der Waals surface area contributed by atoms with E-state index in [1.54, 1.807) is 12.1 Å². The lowest BCUT2D eigenvalue weighted by molar-refractivity contribution is 0.627. The molecule has 0 saturated carbocycles. The maximum Gasteiger partial charge on any atom is 0.124 e. The van der Waals surface area contributed by atoms with E-state index >= 15 is 0 Å². The fourth-order valence-corrected chi connectivity index (χ4v) is 2.05. The lowest BCUT2D eigenvalue weighted by Crippen LogP contribution is -1.95. The summed E-state index contributed by atoms with van der Waals surface area (Å²) in [4.78, 5) is 0. The van der Waals surface area contributed by atoms with Crippen LogP contribution >= 0.6 is 15.9 Å². The van der Waals surface area contributed by atoms with Crippen LogP contribution in [-0.2, 0) is 0 Å². The summed E-state index contributed by atoms with van der Waals surface area (Å²) >= 11 is 3.28. The highest BCUT2D eigenvalue weighted by Crippen LogP contribution is 2.28. The van der Waals surface area contributed by atoms with Crippen molar-refractivity contribution in [1.29, 1.82) is 5.26 Å². The molecule has 0 unspecified atom stereocenters. The van der Waals surface area contributed by atoms with Crippen molar-refractivity contribution in [3.63, 3.8) is 0 Å². The molecule has 90 valence electrons. The van der Waals surface area contributed by atoms with Gasteiger partial charge in [-0.15, -0.1) is 0 Å². The summed E-state index contributed by atoms with van der Waals surface area (Å²) in [6.07, 6.45) is 0. The molecule has 0 radical (unpaired) electrons. The number of halogens is 2. The second-order valence-electron chi connectivity index (χ2n) is 3.91. The largest absolute Gasteiger partial charge is 0.354 e. The maximum absolute atomic E-state index is 13.0. The first-order valence-electron chi connectivity index (χ1n) is 5.33. The van der Waals surface area contributed by atoms with Gasteiger partial charge in [0.2, 0.25) is 0 Å². The molecule has 0 saturated heterocycles. The van der Waals surface area contributed by atoms with Crippen molar-refractivity contribution in [3.8, 4) is 6.07 Å². The molecule has 0 bridgehead atoms. The lowest BCUT2D eigenvalue weighted by atomic mass is 10.1. The Bertz CT molecular complexity index is 632. The molecular formula is C14H10BrFN2. The number of benzene rings is 2. The molecule has 2 nitrogen and oxygen atoms in total. The van der Waals surface area contributed by atoms with Gasteiger partial charge in [0.1, 0.15) is 11.9 Å². The van der Waals surface area contributed by atoms with Crippen molar-refractivity contribution in [2.75, 3.05) is 5.32 Å². The summed E-state index contributed by atoms with van der Waals surface area (Å²) < 4.78 is 13.6. The molecule has 2 rings (SSSR count). The van der Waals surface area contributed by atoms with Crippen molar-refractivity contribution < 1.29 is 4.39 Å². The van der Waals surface area contributed by atoms with Crippen LogP contribution in [0.25, 0.3) is 0 Å². The fraction of sp³-hybridized carbons (Fsp3) is 0.0714. The summed E-state index contributed by atoms with van der Waals surface area (Å²) in [6, 6.07) is 12.1. The molecule has 0 fully saturated rings. The zero-order valence-electron chi connectivity index (χ0n) is 9.67. The third-order valence-electron chi connectivity index (χ3n) is 2.50. The van der Waals surface area contributed by atoms with E-state index in [0.717, 1.165) is 11.3 Å². The minimum absolute atomic E-state index is 0.308. The molecule has 4 heteroatoms. The smallest absolute Gasteiger partial charge is 0.124 e. The van der Waals surface area contributed by atoms with Gasteiger partial charge in [-0.1, -0.05) is 6.07 Å². The van der Waals surface area contributed by atoms with Gasteiger partial charge in [0.15, 0.2) is 0 Å². The Morgan fingerprint density at radius 1 is 1.17 bits per heavy atom. The van der Waals surface area contributed by atoms with Crippen molar-refractivity contribution in [2.24, 2.45) is 0 Å². The van der Waals surface area contributed by atoms with Crippen molar-refractivity contribution in [1.82, 2.24) is 0 Å². The van der Waals surface area contributed by atoms with Crippen molar-refractivity contribution in [2.45, 2.75) is 6.92 Å². The Labute approximate surface area is 113 Å². The third-order valence-corrected chi connectivity index (χ3v) is 3.15. The first-order valence-corrected chi connectivity index (χ1v) is 6.12. The van der Waals surface area contributed by atoms with Crippen molar-refractivity contribution in [3.05, 3.63) is 57.8 Å². The van der Waals surface area contributed by atoms with Gasteiger partial charge in [0.25, 0.3) is 0 Å². The quantitative estimate of drug-likeness (QED) is 0.886. The highest BCUT2D eigenvalue weighted by molar-refractivity contribution is 9.10. The van der Waals surface area contributed by atoms with E-state index in [0.29, 0.717) is 15.7 Å². The Hall–Kier alpha value is -1.86. The van der Waals surface area contributed by atoms with Crippen LogP contribution in [0.5, 0.6) is 0 Å². The van der Waals surface area contributed by atoms with Crippen LogP contribution < -0.4 is 5.32 Å². The molecule has 0 amide bonds. The molecule has 0 aliphatic rings. The first-order chi connectivity index (χ1) is 8.60. The summed E-state index contributed by atoms with van der Waals surface area (Å²) in [5.41, 5.74) is 3.01. The standard InChI is InChI=1S/C14H10BrFN2/c1-9-2-4-13(10(6-9)8-17)18-14-5-3-11(16)7-12(14)15/h2-7,18H,1H3. The van der Waals surface area contributed by atoms with Crippen LogP contribution in [0.3, 0.4) is 0 Å². The van der Waals surface area contributed by atoms with Crippen LogP contribution in [0.2, 0.25) is 0 Å². The molecule has 0 atom stereocenters. The molecule has 1 N–H and O–H groups in total. The Kier molecular flexibility index (Phi) is 3.63. The molecule has 18 heavy (non-hydrogen) atoms. The number of aryl methyl sites for hydroxylation is 1. The summed E-state index contributed by atoms with van der Waals surface area (Å²) in [6.45, 7) is 1.93. The molecule has 2 aromatic carbocycles. The van der Waals surface area contributed by atoms with Gasteiger partial charge in [0, 0.05) is 4.47 Å². The number of nitrogens with one attached hydrogen (secondary N) is 1. The van der Waals surface area contributed by atoms with Gasteiger partial charge >= 0.3 is 0 Å². The van der Waals surface area contributed by atoms with Crippen LogP contribution in [0.1, 0.15) is 11.1 Å². The first kappa shape index (κ1) is 12.6. The van der Waals surface area contributed by atoms with Gasteiger partial charge in [-0.05, 0) is 58.7 Å². The summed E-state index contributed by atoms with van der Waals surface area (Å²) in [7, 11) is 0. The number of nitriles is 1. The van der Waals surface area contributed by atoms with Gasteiger partial charge < -0.3 is 5.32 Å². The maximum atomic E-state index is 13.0. The van der Waals surface area contributed by atoms with E-state index in [1.165, 1.54) is 12.1 Å². The summed E-state index contributed by atoms with van der Waals surface area (Å²) in [5, 5.41) is 12.2. The Morgan fingerprint density at radius 2 is 1.89 bits per heavy atom. The predicted octanol–water partition coefficient (Wildman–Crippen LogP) is 4.51. The Morgan fingerprint density at radius 3 is 2.56 bits per heavy atom. The number of anilines is 2. The third kappa shape index (κ3) is 2.69. The molecule has 0 aliphatic carbocycles. The average Bonchev–Trinajstić information content (AvgIpc) is 2.34. The minimum atomic E-state index is -0.308. The number of rotatable bonds is 2. The van der Waals surface area contributed by atoms with E-state index in [4.69, 9.17) is 5.26 Å². The molecule has 0 aromatic heterocycles. The van der Waals surface area contributed by atoms with Crippen molar-refractivity contribution >= 4 is 27.3 Å². The Balaban J connectivity index is 2.37. The van der Waals surface area contributed by atoms with Gasteiger partial charge in [-0.25, -0.2) is 4.39 Å². The fourth-order valence-electron chi connectivity index (χ4n) is 1.60. The lowest BCUT2D eigenvalue weighted by Gasteiger charge is -2.10. The second kappa shape index (κ2) is 5.19. The molecular weight excluding hydrogens is 295 g/mol. The monoisotopic (exact) mass is 304 g/mol. The molecule has 0 spiro atoms. The van der Waals surface area contributed by atoms with E-state index in [2.05, 4.69) is 27.3 Å². The van der Waals surface area contributed by atoms with E-state index in [9.17, 15) is 4.39 Å². The van der Waals surface area contributed by atoms with Crippen LogP contribution in [0, 0.1) is 24.1 Å². The second-order valence-corrected chi connectivity index (χ2v) is 4.76. The molecule has 0 heterocycles. The van der Waals surface area contributed by atoms with Gasteiger partial charge in [-0.2, -0.15) is 5.26 Å². The molecule has 0 aliphatic heterocycles. The summed E-state index contributed by atoms with van der Waals surface area (Å²) in [5.74, 6) is -0.308. The predicted molar refractivity (Wildman–Crippen MR) is 73.3 cm³/mol. The van der Waals surface area contributed by atoms with Crippen LogP contribution in [-0.4, -0.2) is 0 Å². The highest BCUT2D eigenvalue weighted by atomic mass is 79.9. The van der Waals surface area contributed by atoms with E-state index in [1.807, 2.05) is 19.1 Å². The van der Waals surface area contributed by atoms with Gasteiger partial charge in [-0.3, -0.25) is 0 Å². The van der Waals surface area contributed by atoms with E-state index < -0.39 is 0 Å². The average molecular weight is 305 g/mol. The minimum Gasteiger partial charge on any atom is -0.354 e. The van der Waals surface area contributed by atoms with Crippen LogP contribution in [0.4, 0.5) is 15.8 Å². The zero-order valence-corrected chi connectivity index (χ0v) is 11.3. The SMILES string of the molecule is Cc1ccc(Nc2ccc(F)cc2Br)c(C#N)c1. The topological polar surface area (TPSA) is 35.8 Å². The number of nitrogens with zero attached hydrogens (tertiary/aromatic N) is 1. The molecule has 2 aromatic rings. The number of hydrogen-bond acceptors (Lipinski definition) is 2. The normalized spacial score (nSPS) is 9.89. The van der Waals surface area contributed by atoms with Gasteiger partial charge in [0.05, 0.1) is 16.9 Å². The highest BCUT2D eigenvalue weighted by Gasteiger charge is 2.06. The van der Waals surface area contributed by atoms with E-state index in [-0.39, 0.29) is 5.82 Å².